The van der Waals surface area contributed by atoms with Crippen molar-refractivity contribution in [3.05, 3.63) is 34.4 Å². The van der Waals surface area contributed by atoms with E-state index in [4.69, 9.17) is 9.72 Å². The van der Waals surface area contributed by atoms with E-state index in [0.29, 0.717) is 28.8 Å². The van der Waals surface area contributed by atoms with Gasteiger partial charge in [0.2, 0.25) is 11.9 Å². The van der Waals surface area contributed by atoms with E-state index < -0.39 is 0 Å². The third kappa shape index (κ3) is 7.37. The Balaban J connectivity index is 1.23. The summed E-state index contributed by atoms with van der Waals surface area (Å²) in [5.41, 5.74) is 1.22. The lowest BCUT2D eigenvalue weighted by Gasteiger charge is -2.32. The standard InChI is InChI=1S/C29H38BrN7O3/c1-18(38)31-16-20-5-3-4-6-24(20)34-27-23(30)17-32-29(36-27)35-25-10-7-19(15-26(25)40-2)28(39)33-21-11-13-37(14-12-21)22-8-9-22/h7,10,15-17,20-22,24H,3-6,8-9,11-14H2,1-2H3,(H,33,39)(H2,32,34,35,36)/t20?,24-/m1/s1. The summed E-state index contributed by atoms with van der Waals surface area (Å²) < 4.78 is 6.35. The minimum absolute atomic E-state index is 0.0866. The van der Waals surface area contributed by atoms with Crippen LogP contribution in [0.2, 0.25) is 0 Å². The minimum atomic E-state index is -0.189. The fraction of sp³-hybridized carbons (Fsp3) is 0.552. The number of amides is 2. The molecule has 2 aliphatic carbocycles. The van der Waals surface area contributed by atoms with Crippen molar-refractivity contribution in [1.29, 1.82) is 0 Å². The molecule has 1 saturated heterocycles. The molecule has 1 unspecified atom stereocenters. The van der Waals surface area contributed by atoms with Crippen LogP contribution in [0.4, 0.5) is 17.5 Å². The van der Waals surface area contributed by atoms with E-state index in [1.807, 2.05) is 6.07 Å². The molecule has 2 aromatic rings. The molecule has 2 atom stereocenters. The summed E-state index contributed by atoms with van der Waals surface area (Å²) >= 11 is 3.56. The zero-order chi connectivity index (χ0) is 28.1. The lowest BCUT2D eigenvalue weighted by Crippen LogP contribution is -2.45. The van der Waals surface area contributed by atoms with Crippen LogP contribution in [-0.2, 0) is 4.79 Å². The van der Waals surface area contributed by atoms with E-state index in [1.165, 1.54) is 19.8 Å². The molecule has 1 aliphatic heterocycles. The molecule has 3 fully saturated rings. The third-order valence-corrected chi connectivity index (χ3v) is 8.55. The topological polar surface area (TPSA) is 121 Å². The van der Waals surface area contributed by atoms with Gasteiger partial charge >= 0.3 is 0 Å². The van der Waals surface area contributed by atoms with Gasteiger partial charge in [-0.2, -0.15) is 4.98 Å². The number of hydrogen-bond acceptors (Lipinski definition) is 8. The highest BCUT2D eigenvalue weighted by atomic mass is 79.9. The maximum Gasteiger partial charge on any atom is 0.251 e. The smallest absolute Gasteiger partial charge is 0.251 e. The molecule has 1 aromatic heterocycles. The number of aromatic nitrogens is 2. The van der Waals surface area contributed by atoms with Crippen LogP contribution >= 0.6 is 15.9 Å². The van der Waals surface area contributed by atoms with Crippen LogP contribution in [-0.4, -0.2) is 71.2 Å². The highest BCUT2D eigenvalue weighted by Crippen LogP contribution is 2.32. The van der Waals surface area contributed by atoms with Gasteiger partial charge in [-0.05, 0) is 72.7 Å². The number of likely N-dealkylation sites (tertiary alicyclic amines) is 1. The minimum Gasteiger partial charge on any atom is -0.495 e. The number of carbonyl (C=O) groups is 2. The Morgan fingerprint density at radius 3 is 2.62 bits per heavy atom. The molecular weight excluding hydrogens is 574 g/mol. The number of anilines is 3. The van der Waals surface area contributed by atoms with Crippen molar-refractivity contribution in [3.63, 3.8) is 0 Å². The zero-order valence-corrected chi connectivity index (χ0v) is 24.7. The quantitative estimate of drug-likeness (QED) is 0.341. The molecule has 11 heteroatoms. The van der Waals surface area contributed by atoms with Gasteiger partial charge in [0.1, 0.15) is 11.6 Å². The number of ether oxygens (including phenoxy) is 1. The number of nitrogens with one attached hydrogen (secondary N) is 3. The molecule has 10 nitrogen and oxygen atoms in total. The summed E-state index contributed by atoms with van der Waals surface area (Å²) in [4.78, 5) is 40.0. The highest BCUT2D eigenvalue weighted by molar-refractivity contribution is 9.10. The fourth-order valence-electron chi connectivity index (χ4n) is 5.60. The van der Waals surface area contributed by atoms with E-state index in [0.717, 1.165) is 62.1 Å². The third-order valence-electron chi connectivity index (χ3n) is 7.97. The lowest BCUT2D eigenvalue weighted by molar-refractivity contribution is -0.115. The largest absolute Gasteiger partial charge is 0.495 e. The average Bonchev–Trinajstić information content (AvgIpc) is 3.80. The van der Waals surface area contributed by atoms with Gasteiger partial charge in [-0.3, -0.25) is 9.59 Å². The first-order valence-electron chi connectivity index (χ1n) is 14.2. The molecule has 2 heterocycles. The predicted octanol–water partition coefficient (Wildman–Crippen LogP) is 4.94. The lowest BCUT2D eigenvalue weighted by atomic mass is 9.85. The Morgan fingerprint density at radius 1 is 1.12 bits per heavy atom. The molecule has 0 radical (unpaired) electrons. The second kappa shape index (κ2) is 13.1. The van der Waals surface area contributed by atoms with E-state index in [2.05, 4.69) is 46.8 Å². The molecule has 40 heavy (non-hydrogen) atoms. The van der Waals surface area contributed by atoms with Crippen molar-refractivity contribution in [2.24, 2.45) is 10.9 Å². The molecule has 5 rings (SSSR count). The molecule has 0 spiro atoms. The van der Waals surface area contributed by atoms with Crippen molar-refractivity contribution in [2.45, 2.75) is 76.4 Å². The predicted molar refractivity (Wildman–Crippen MR) is 160 cm³/mol. The maximum atomic E-state index is 13.0. The van der Waals surface area contributed by atoms with E-state index in [-0.39, 0.29) is 29.8 Å². The second-order valence-corrected chi connectivity index (χ2v) is 11.8. The van der Waals surface area contributed by atoms with Crippen LogP contribution in [0.3, 0.4) is 0 Å². The number of methoxy groups -OCH3 is 1. The summed E-state index contributed by atoms with van der Waals surface area (Å²) in [7, 11) is 1.58. The fourth-order valence-corrected chi connectivity index (χ4v) is 5.90. The Labute approximate surface area is 243 Å². The monoisotopic (exact) mass is 611 g/mol. The number of benzene rings is 1. The number of halogens is 1. The van der Waals surface area contributed by atoms with Crippen LogP contribution in [0.5, 0.6) is 5.75 Å². The summed E-state index contributed by atoms with van der Waals surface area (Å²) in [6, 6.07) is 6.44. The molecular formula is C29H38BrN7O3. The summed E-state index contributed by atoms with van der Waals surface area (Å²) in [6.45, 7) is 3.57. The summed E-state index contributed by atoms with van der Waals surface area (Å²) in [6.07, 6.45) is 12.2. The van der Waals surface area contributed by atoms with E-state index in [9.17, 15) is 9.59 Å². The van der Waals surface area contributed by atoms with Gasteiger partial charge < -0.3 is 25.6 Å². The summed E-state index contributed by atoms with van der Waals surface area (Å²) in [5, 5.41) is 9.96. The molecule has 214 valence electrons. The second-order valence-electron chi connectivity index (χ2n) is 10.9. The van der Waals surface area contributed by atoms with Gasteiger partial charge in [0, 0.05) is 62.0 Å². The first-order chi connectivity index (χ1) is 19.4. The number of nitrogens with zero attached hydrogens (tertiary/aromatic N) is 4. The van der Waals surface area contributed by atoms with Crippen molar-refractivity contribution >= 4 is 51.4 Å². The van der Waals surface area contributed by atoms with Gasteiger partial charge in [-0.25, -0.2) is 9.98 Å². The van der Waals surface area contributed by atoms with Crippen LogP contribution in [0, 0.1) is 5.92 Å². The van der Waals surface area contributed by atoms with Crippen molar-refractivity contribution < 1.29 is 14.3 Å². The van der Waals surface area contributed by atoms with Crippen LogP contribution in [0.15, 0.2) is 33.9 Å². The normalized spacial score (nSPS) is 22.2. The Kier molecular flexibility index (Phi) is 9.31. The van der Waals surface area contributed by atoms with Gasteiger partial charge in [0.25, 0.3) is 5.91 Å². The number of piperidine rings is 1. The van der Waals surface area contributed by atoms with Gasteiger partial charge in [0.05, 0.1) is 17.3 Å². The van der Waals surface area contributed by atoms with Crippen molar-refractivity contribution in [1.82, 2.24) is 20.2 Å². The molecule has 2 saturated carbocycles. The first kappa shape index (κ1) is 28.5. The number of aliphatic imine (C=N–C) groups is 1. The number of carbonyl (C=O) groups excluding carboxylic acids is 2. The Hall–Kier alpha value is -3.05. The first-order valence-corrected chi connectivity index (χ1v) is 15.0. The molecule has 0 bridgehead atoms. The van der Waals surface area contributed by atoms with Gasteiger partial charge in [-0.15, -0.1) is 0 Å². The van der Waals surface area contributed by atoms with Crippen LogP contribution in [0.25, 0.3) is 0 Å². The summed E-state index contributed by atoms with van der Waals surface area (Å²) in [5.74, 6) is 1.47. The van der Waals surface area contributed by atoms with E-state index in [1.54, 1.807) is 31.7 Å². The highest BCUT2D eigenvalue weighted by Gasteiger charge is 2.32. The van der Waals surface area contributed by atoms with Crippen molar-refractivity contribution in [2.75, 3.05) is 30.8 Å². The Morgan fingerprint density at radius 2 is 1.90 bits per heavy atom. The molecule has 3 N–H and O–H groups in total. The number of rotatable bonds is 9. The van der Waals surface area contributed by atoms with Gasteiger partial charge in [-0.1, -0.05) is 12.8 Å². The Bertz CT molecular complexity index is 1240. The molecule has 2 amide bonds. The van der Waals surface area contributed by atoms with Crippen LogP contribution < -0.4 is 20.7 Å². The van der Waals surface area contributed by atoms with Crippen LogP contribution in [0.1, 0.15) is 68.6 Å². The molecule has 1 aromatic carbocycles. The number of hydrogen-bond donors (Lipinski definition) is 3. The molecule has 3 aliphatic rings. The SMILES string of the molecule is COc1cc(C(=O)NC2CCN(C3CC3)CC2)ccc1Nc1ncc(Br)c(N[C@@H]2CCCCC2C=NC(C)=O)n1. The average molecular weight is 613 g/mol. The maximum absolute atomic E-state index is 13.0. The van der Waals surface area contributed by atoms with Crippen molar-refractivity contribution in [3.8, 4) is 5.75 Å². The zero-order valence-electron chi connectivity index (χ0n) is 23.2. The van der Waals surface area contributed by atoms with E-state index >= 15 is 0 Å². The van der Waals surface area contributed by atoms with Gasteiger partial charge in [0.15, 0.2) is 0 Å².